The highest BCUT2D eigenvalue weighted by molar-refractivity contribution is 5.85. The number of alkyl halides is 1. The van der Waals surface area contributed by atoms with E-state index in [4.69, 9.17) is 9.47 Å². The van der Waals surface area contributed by atoms with Crippen LogP contribution in [0.1, 0.15) is 11.6 Å². The molecule has 1 aliphatic rings. The molecule has 22 heavy (non-hydrogen) atoms. The molecule has 1 saturated heterocycles. The lowest BCUT2D eigenvalue weighted by molar-refractivity contribution is 0.144. The van der Waals surface area contributed by atoms with Crippen LogP contribution >= 0.6 is 24.8 Å². The monoisotopic (exact) mass is 358 g/mol. The van der Waals surface area contributed by atoms with Gasteiger partial charge in [-0.1, -0.05) is 0 Å². The van der Waals surface area contributed by atoms with Gasteiger partial charge >= 0.3 is 0 Å². The maximum atomic E-state index is 14.2. The molecule has 0 amide bonds. The number of piperazine rings is 1. The molecule has 0 aliphatic carbocycles. The van der Waals surface area contributed by atoms with Gasteiger partial charge in [0, 0.05) is 37.8 Å². The van der Waals surface area contributed by atoms with Crippen molar-refractivity contribution < 1.29 is 18.3 Å². The average molecular weight is 359 g/mol. The van der Waals surface area contributed by atoms with Crippen LogP contribution in [0.25, 0.3) is 0 Å². The molecule has 0 aromatic heterocycles. The fraction of sp³-hybridized carbons (Fsp3) is 0.571. The third-order valence-corrected chi connectivity index (χ3v) is 3.60. The molecule has 0 spiro atoms. The molecule has 1 heterocycles. The standard InChI is InChI=1S/C14H20F2N2O2.2ClH/c1-19-13-7-10(11(16)8-14(13)20-2)12(9-15)18-5-3-17-4-6-18;;/h7-8,12,17H,3-6,9H2,1-2H3;2*1H/t12-;;/m0../s1. The molecular weight excluding hydrogens is 337 g/mol. The smallest absolute Gasteiger partial charge is 0.163 e. The number of hydrogen-bond acceptors (Lipinski definition) is 4. The first kappa shape index (κ1) is 21.2. The van der Waals surface area contributed by atoms with Crippen LogP contribution in [0, 0.1) is 5.82 Å². The van der Waals surface area contributed by atoms with E-state index in [2.05, 4.69) is 5.32 Å². The van der Waals surface area contributed by atoms with Gasteiger partial charge in [0.1, 0.15) is 12.5 Å². The minimum absolute atomic E-state index is 0. The largest absolute Gasteiger partial charge is 0.493 e. The number of benzene rings is 1. The van der Waals surface area contributed by atoms with E-state index in [1.807, 2.05) is 4.90 Å². The minimum Gasteiger partial charge on any atom is -0.493 e. The summed E-state index contributed by atoms with van der Waals surface area (Å²) in [5.41, 5.74) is 0.312. The third kappa shape index (κ3) is 4.59. The van der Waals surface area contributed by atoms with Gasteiger partial charge in [-0.15, -0.1) is 24.8 Å². The van der Waals surface area contributed by atoms with E-state index in [9.17, 15) is 8.78 Å². The highest BCUT2D eigenvalue weighted by Crippen LogP contribution is 2.34. The molecule has 0 unspecified atom stereocenters. The molecule has 0 radical (unpaired) electrons. The number of ether oxygens (including phenoxy) is 2. The zero-order chi connectivity index (χ0) is 14.5. The number of rotatable bonds is 5. The Balaban J connectivity index is 0.00000220. The van der Waals surface area contributed by atoms with Gasteiger partial charge < -0.3 is 14.8 Å². The van der Waals surface area contributed by atoms with E-state index < -0.39 is 18.5 Å². The molecule has 2 rings (SSSR count). The summed E-state index contributed by atoms with van der Waals surface area (Å²) in [5, 5.41) is 3.20. The second kappa shape index (κ2) is 10.0. The van der Waals surface area contributed by atoms with Crippen LogP contribution in [0.3, 0.4) is 0 Å². The van der Waals surface area contributed by atoms with Crippen LogP contribution in [-0.2, 0) is 0 Å². The lowest BCUT2D eigenvalue weighted by Gasteiger charge is -2.34. The predicted molar refractivity (Wildman–Crippen MR) is 87.2 cm³/mol. The van der Waals surface area contributed by atoms with Crippen molar-refractivity contribution >= 4 is 24.8 Å². The molecule has 1 atom stereocenters. The second-order valence-corrected chi connectivity index (χ2v) is 4.68. The highest BCUT2D eigenvalue weighted by Gasteiger charge is 2.26. The quantitative estimate of drug-likeness (QED) is 0.877. The number of nitrogens with one attached hydrogen (secondary N) is 1. The van der Waals surface area contributed by atoms with Crippen molar-refractivity contribution in [3.8, 4) is 11.5 Å². The Labute approximate surface area is 142 Å². The summed E-state index contributed by atoms with van der Waals surface area (Å²) in [6.45, 7) is 2.33. The summed E-state index contributed by atoms with van der Waals surface area (Å²) in [7, 11) is 2.93. The third-order valence-electron chi connectivity index (χ3n) is 3.60. The Bertz CT molecular complexity index is 461. The first-order valence-corrected chi connectivity index (χ1v) is 6.63. The molecule has 4 nitrogen and oxygen atoms in total. The van der Waals surface area contributed by atoms with Crippen molar-refractivity contribution in [3.63, 3.8) is 0 Å². The van der Waals surface area contributed by atoms with E-state index in [0.717, 1.165) is 13.1 Å². The summed E-state index contributed by atoms with van der Waals surface area (Å²) in [4.78, 5) is 1.95. The predicted octanol–water partition coefficient (Wildman–Crippen LogP) is 2.60. The summed E-state index contributed by atoms with van der Waals surface area (Å²) in [6.07, 6.45) is 0. The average Bonchev–Trinajstić information content (AvgIpc) is 2.50. The van der Waals surface area contributed by atoms with Gasteiger partial charge in [0.2, 0.25) is 0 Å². The van der Waals surface area contributed by atoms with Crippen molar-refractivity contribution in [2.45, 2.75) is 6.04 Å². The Kier molecular flexibility index (Phi) is 9.67. The van der Waals surface area contributed by atoms with Gasteiger partial charge in [-0.2, -0.15) is 0 Å². The molecule has 1 N–H and O–H groups in total. The van der Waals surface area contributed by atoms with Crippen molar-refractivity contribution in [1.29, 1.82) is 0 Å². The van der Waals surface area contributed by atoms with Gasteiger partial charge in [0.15, 0.2) is 11.5 Å². The fourth-order valence-electron chi connectivity index (χ4n) is 2.50. The first-order valence-electron chi connectivity index (χ1n) is 6.63. The zero-order valence-electron chi connectivity index (χ0n) is 12.6. The van der Waals surface area contributed by atoms with Crippen molar-refractivity contribution in [1.82, 2.24) is 10.2 Å². The molecule has 1 fully saturated rings. The number of methoxy groups -OCH3 is 2. The summed E-state index contributed by atoms with van der Waals surface area (Å²) >= 11 is 0. The van der Waals surface area contributed by atoms with Gasteiger partial charge in [0.25, 0.3) is 0 Å². The Morgan fingerprint density at radius 1 is 1.14 bits per heavy atom. The van der Waals surface area contributed by atoms with Gasteiger partial charge in [-0.05, 0) is 6.07 Å². The van der Waals surface area contributed by atoms with Crippen LogP contribution in [0.15, 0.2) is 12.1 Å². The Hall–Kier alpha value is -0.820. The normalized spacial score (nSPS) is 16.2. The Morgan fingerprint density at radius 2 is 1.68 bits per heavy atom. The highest BCUT2D eigenvalue weighted by atomic mass is 35.5. The first-order chi connectivity index (χ1) is 9.71. The van der Waals surface area contributed by atoms with Crippen LogP contribution < -0.4 is 14.8 Å². The van der Waals surface area contributed by atoms with Crippen molar-refractivity contribution in [2.75, 3.05) is 47.1 Å². The van der Waals surface area contributed by atoms with E-state index in [0.29, 0.717) is 30.2 Å². The van der Waals surface area contributed by atoms with E-state index in [1.165, 1.54) is 26.4 Å². The zero-order valence-corrected chi connectivity index (χ0v) is 14.2. The molecule has 1 aromatic carbocycles. The molecule has 1 aliphatic heterocycles. The summed E-state index contributed by atoms with van der Waals surface area (Å²) < 4.78 is 37.8. The van der Waals surface area contributed by atoms with Crippen LogP contribution in [-0.4, -0.2) is 52.0 Å². The summed E-state index contributed by atoms with van der Waals surface area (Å²) in [6, 6.07) is 2.19. The molecule has 128 valence electrons. The van der Waals surface area contributed by atoms with E-state index >= 15 is 0 Å². The number of halogens is 4. The topological polar surface area (TPSA) is 33.7 Å². The SMILES string of the molecule is COc1cc(F)c([C@H](CF)N2CCNCC2)cc1OC.Cl.Cl. The fourth-order valence-corrected chi connectivity index (χ4v) is 2.50. The van der Waals surface area contributed by atoms with E-state index in [1.54, 1.807) is 0 Å². The lowest BCUT2D eigenvalue weighted by Crippen LogP contribution is -2.45. The van der Waals surface area contributed by atoms with Gasteiger partial charge in [-0.3, -0.25) is 4.90 Å². The molecule has 8 heteroatoms. The number of hydrogen-bond donors (Lipinski definition) is 1. The van der Waals surface area contributed by atoms with Crippen LogP contribution in [0.4, 0.5) is 8.78 Å². The molecule has 0 saturated carbocycles. The maximum absolute atomic E-state index is 14.2. The molecule has 0 bridgehead atoms. The van der Waals surface area contributed by atoms with Crippen LogP contribution in [0.5, 0.6) is 11.5 Å². The van der Waals surface area contributed by atoms with Gasteiger partial charge in [-0.25, -0.2) is 8.78 Å². The molecule has 1 aromatic rings. The maximum Gasteiger partial charge on any atom is 0.163 e. The second-order valence-electron chi connectivity index (χ2n) is 4.68. The number of nitrogens with zero attached hydrogens (tertiary/aromatic N) is 1. The Morgan fingerprint density at radius 3 is 2.18 bits per heavy atom. The van der Waals surface area contributed by atoms with Gasteiger partial charge in [0.05, 0.1) is 20.3 Å². The van der Waals surface area contributed by atoms with Crippen molar-refractivity contribution in [2.24, 2.45) is 0 Å². The lowest BCUT2D eigenvalue weighted by atomic mass is 10.0. The van der Waals surface area contributed by atoms with E-state index in [-0.39, 0.29) is 24.8 Å². The van der Waals surface area contributed by atoms with Crippen molar-refractivity contribution in [3.05, 3.63) is 23.5 Å². The minimum atomic E-state index is -0.633. The summed E-state index contributed by atoms with van der Waals surface area (Å²) in [5.74, 6) is 0.257. The molecular formula is C14H22Cl2F2N2O2. The van der Waals surface area contributed by atoms with Crippen LogP contribution in [0.2, 0.25) is 0 Å².